The smallest absolute Gasteiger partial charge is 0.330 e. The van der Waals surface area contributed by atoms with E-state index in [0.717, 1.165) is 0 Å². The Morgan fingerprint density at radius 3 is 2.95 bits per heavy atom. The van der Waals surface area contributed by atoms with Gasteiger partial charge in [-0.1, -0.05) is 12.5 Å². The number of nitrogens with zero attached hydrogens (tertiary/aromatic N) is 4. The van der Waals surface area contributed by atoms with Crippen molar-refractivity contribution in [3.63, 3.8) is 0 Å². The number of rotatable bonds is 3. The highest BCUT2D eigenvalue weighted by atomic mass is 16.5. The maximum atomic E-state index is 11.7. The molecule has 0 aliphatic carbocycles. The van der Waals surface area contributed by atoms with E-state index in [1.54, 1.807) is 6.92 Å². The molecule has 0 bridgehead atoms. The molecule has 0 spiro atoms. The molecule has 20 heavy (non-hydrogen) atoms. The summed E-state index contributed by atoms with van der Waals surface area (Å²) >= 11 is 0. The van der Waals surface area contributed by atoms with Crippen LogP contribution in [0.25, 0.3) is 10.4 Å². The summed E-state index contributed by atoms with van der Waals surface area (Å²) in [6.07, 6.45) is 0.329. The second-order valence-electron chi connectivity index (χ2n) is 4.30. The van der Waals surface area contributed by atoms with E-state index < -0.39 is 29.6 Å². The highest BCUT2D eigenvalue weighted by molar-refractivity contribution is 5.02. The van der Waals surface area contributed by atoms with Gasteiger partial charge in [0.15, 0.2) is 0 Å². The zero-order valence-electron chi connectivity index (χ0n) is 10.2. The molecule has 1 aliphatic heterocycles. The third-order valence-electron chi connectivity index (χ3n) is 3.04. The monoisotopic (exact) mass is 283 g/mol. The number of aliphatic hydroxyl groups excluding tert-OH is 1. The van der Waals surface area contributed by atoms with Crippen LogP contribution in [-0.4, -0.2) is 33.4 Å². The largest absolute Gasteiger partial charge is 0.394 e. The van der Waals surface area contributed by atoms with E-state index in [1.165, 1.54) is 10.8 Å². The predicted octanol–water partition coefficient (Wildman–Crippen LogP) is 0.440. The Morgan fingerprint density at radius 2 is 2.35 bits per heavy atom. The number of aliphatic hydroxyl groups is 1. The number of aromatic amines is 1. The second kappa shape index (κ2) is 6.38. The van der Waals surface area contributed by atoms with Crippen molar-refractivity contribution in [1.29, 1.82) is 0 Å². The average molecular weight is 283 g/mol. The Hall–Kier alpha value is -2.09. The van der Waals surface area contributed by atoms with Crippen LogP contribution < -0.4 is 11.2 Å². The molecule has 1 aromatic rings. The summed E-state index contributed by atoms with van der Waals surface area (Å²) in [4.78, 5) is 27.8. The predicted molar refractivity (Wildman–Crippen MR) is 71.3 cm³/mol. The highest BCUT2D eigenvalue weighted by Gasteiger charge is 2.35. The van der Waals surface area contributed by atoms with Crippen molar-refractivity contribution in [3.05, 3.63) is 43.0 Å². The number of H-pyrrole nitrogens is 1. The maximum Gasteiger partial charge on any atom is 0.330 e. The summed E-state index contributed by atoms with van der Waals surface area (Å²) in [5, 5.41) is 12.7. The van der Waals surface area contributed by atoms with Crippen LogP contribution in [0.2, 0.25) is 0 Å². The first kappa shape index (κ1) is 16.0. The van der Waals surface area contributed by atoms with Crippen LogP contribution in [0.4, 0.5) is 0 Å². The van der Waals surface area contributed by atoms with Gasteiger partial charge in [0.05, 0.1) is 18.8 Å². The molecule has 0 aromatic carbocycles. The second-order valence-corrected chi connectivity index (χ2v) is 4.30. The van der Waals surface area contributed by atoms with Gasteiger partial charge in [-0.05, 0) is 12.5 Å². The molecular formula is C11H17N5O4. The lowest BCUT2D eigenvalue weighted by molar-refractivity contribution is -0.0271. The van der Waals surface area contributed by atoms with Gasteiger partial charge in [0, 0.05) is 23.1 Å². The van der Waals surface area contributed by atoms with Crippen LogP contribution in [0.5, 0.6) is 0 Å². The normalized spacial score (nSPS) is 24.8. The third-order valence-corrected chi connectivity index (χ3v) is 3.04. The van der Waals surface area contributed by atoms with E-state index in [1.807, 2.05) is 0 Å². The minimum Gasteiger partial charge on any atom is -0.394 e. The summed E-state index contributed by atoms with van der Waals surface area (Å²) in [6.45, 7) is 1.26. The first-order valence-corrected chi connectivity index (χ1v) is 5.69. The number of ether oxygens (including phenoxy) is 1. The molecule has 2 heterocycles. The van der Waals surface area contributed by atoms with Gasteiger partial charge < -0.3 is 9.84 Å². The SMILES string of the molecule is C.Cc1cn([C@H]2CC(N=[N+]=[N-])[C@@H](CO)O2)c(=O)[nH]c1=O. The van der Waals surface area contributed by atoms with Crippen LogP contribution in [0, 0.1) is 6.92 Å². The molecule has 1 aromatic heterocycles. The quantitative estimate of drug-likeness (QED) is 0.473. The molecule has 110 valence electrons. The third kappa shape index (κ3) is 2.90. The van der Waals surface area contributed by atoms with Crippen molar-refractivity contribution in [1.82, 2.24) is 9.55 Å². The van der Waals surface area contributed by atoms with Gasteiger partial charge in [-0.3, -0.25) is 14.3 Å². The Labute approximate surface area is 114 Å². The molecule has 1 aliphatic rings. The van der Waals surface area contributed by atoms with E-state index in [4.69, 9.17) is 15.4 Å². The number of aromatic nitrogens is 2. The topological polar surface area (TPSA) is 133 Å². The Morgan fingerprint density at radius 1 is 1.65 bits per heavy atom. The lowest BCUT2D eigenvalue weighted by Crippen LogP contribution is -2.33. The molecule has 0 saturated carbocycles. The average Bonchev–Trinajstić information content (AvgIpc) is 2.77. The van der Waals surface area contributed by atoms with Gasteiger partial charge in [-0.25, -0.2) is 4.79 Å². The van der Waals surface area contributed by atoms with Gasteiger partial charge in [-0.15, -0.1) is 0 Å². The Kier molecular flexibility index (Phi) is 5.09. The maximum absolute atomic E-state index is 11.7. The van der Waals surface area contributed by atoms with E-state index in [2.05, 4.69) is 15.0 Å². The van der Waals surface area contributed by atoms with Crippen LogP contribution in [-0.2, 0) is 4.74 Å². The molecule has 1 unspecified atom stereocenters. The minimum absolute atomic E-state index is 0. The van der Waals surface area contributed by atoms with Crippen LogP contribution in [0.15, 0.2) is 20.9 Å². The standard InChI is InChI=1S/C10H13N5O4.CH4/c1-5-3-15(10(18)12-9(5)17)8-2-6(13-14-11)7(4-16)19-8;/h3,6-8,16H,2,4H2,1H3,(H,12,17,18);1H4/t6?,7-,8-;/m1./s1. The fourth-order valence-corrected chi connectivity index (χ4v) is 2.04. The lowest BCUT2D eigenvalue weighted by atomic mass is 10.1. The van der Waals surface area contributed by atoms with Gasteiger partial charge >= 0.3 is 5.69 Å². The first-order valence-electron chi connectivity index (χ1n) is 5.69. The summed E-state index contributed by atoms with van der Waals surface area (Å²) in [5.74, 6) is 0. The van der Waals surface area contributed by atoms with Gasteiger partial charge in [-0.2, -0.15) is 0 Å². The first-order chi connectivity index (χ1) is 9.06. The summed E-state index contributed by atoms with van der Waals surface area (Å²) in [7, 11) is 0. The number of azide groups is 1. The van der Waals surface area contributed by atoms with Crippen molar-refractivity contribution in [2.75, 3.05) is 6.61 Å². The number of hydrogen-bond acceptors (Lipinski definition) is 5. The van der Waals surface area contributed by atoms with Gasteiger partial charge in [0.1, 0.15) is 6.23 Å². The van der Waals surface area contributed by atoms with Crippen LogP contribution in [0.1, 0.15) is 25.6 Å². The van der Waals surface area contributed by atoms with Crippen LogP contribution >= 0.6 is 0 Å². The number of nitrogens with one attached hydrogen (secondary N) is 1. The van der Waals surface area contributed by atoms with Crippen molar-refractivity contribution < 1.29 is 9.84 Å². The number of hydrogen-bond donors (Lipinski definition) is 2. The molecule has 0 amide bonds. The summed E-state index contributed by atoms with van der Waals surface area (Å²) in [5.41, 5.74) is 7.76. The van der Waals surface area contributed by atoms with Crippen LogP contribution in [0.3, 0.4) is 0 Å². The molecule has 2 N–H and O–H groups in total. The van der Waals surface area contributed by atoms with Crippen molar-refractivity contribution in [3.8, 4) is 0 Å². The zero-order valence-corrected chi connectivity index (χ0v) is 10.2. The summed E-state index contributed by atoms with van der Waals surface area (Å²) in [6, 6.07) is -0.542. The number of aryl methyl sites for hydroxylation is 1. The van der Waals surface area contributed by atoms with Gasteiger partial charge in [0.2, 0.25) is 0 Å². The minimum atomic E-state index is -0.671. The van der Waals surface area contributed by atoms with E-state index in [9.17, 15) is 9.59 Å². The van der Waals surface area contributed by atoms with E-state index in [-0.39, 0.29) is 20.5 Å². The summed E-state index contributed by atoms with van der Waals surface area (Å²) < 4.78 is 6.69. The van der Waals surface area contributed by atoms with Crippen molar-refractivity contribution in [2.24, 2.45) is 5.11 Å². The molecule has 3 atom stereocenters. The molecule has 1 saturated heterocycles. The highest BCUT2D eigenvalue weighted by Crippen LogP contribution is 2.29. The molecule has 9 nitrogen and oxygen atoms in total. The zero-order chi connectivity index (χ0) is 14.0. The molecule has 0 radical (unpaired) electrons. The lowest BCUT2D eigenvalue weighted by Gasteiger charge is -2.14. The van der Waals surface area contributed by atoms with Crippen molar-refractivity contribution >= 4 is 0 Å². The Balaban J connectivity index is 0.00000200. The fraction of sp³-hybridized carbons (Fsp3) is 0.636. The Bertz CT molecular complexity index is 630. The molecule has 1 fully saturated rings. The van der Waals surface area contributed by atoms with Crippen molar-refractivity contribution in [2.45, 2.75) is 39.1 Å². The molecule has 2 rings (SSSR count). The fourth-order valence-electron chi connectivity index (χ4n) is 2.04. The van der Waals surface area contributed by atoms with E-state index >= 15 is 0 Å². The van der Waals surface area contributed by atoms with E-state index in [0.29, 0.717) is 5.56 Å². The van der Waals surface area contributed by atoms with Gasteiger partial charge in [0.25, 0.3) is 5.56 Å². The molecule has 9 heteroatoms. The molecular weight excluding hydrogens is 266 g/mol.